The summed E-state index contributed by atoms with van der Waals surface area (Å²) in [6.07, 6.45) is 1.65. The van der Waals surface area contributed by atoms with Gasteiger partial charge in [0.15, 0.2) is 0 Å². The van der Waals surface area contributed by atoms with Gasteiger partial charge in [-0.05, 0) is 58.7 Å². The van der Waals surface area contributed by atoms with E-state index in [0.717, 1.165) is 27.1 Å². The Morgan fingerprint density at radius 1 is 0.604 bits per heavy atom. The van der Waals surface area contributed by atoms with Crippen molar-refractivity contribution in [2.45, 2.75) is 10.1 Å². The molecule has 1 unspecified atom stereocenters. The normalized spacial score (nSPS) is 11.5. The lowest BCUT2D eigenvalue weighted by Crippen LogP contribution is -2.30. The first-order chi connectivity index (χ1) is 25.9. The second kappa shape index (κ2) is 17.6. The van der Waals surface area contributed by atoms with E-state index in [1.807, 2.05) is 97.1 Å². The molecule has 0 radical (unpaired) electrons. The Hall–Kier alpha value is -6.58. The van der Waals surface area contributed by atoms with Crippen LogP contribution in [0.1, 0.15) is 26.7 Å². The molecule has 8 nitrogen and oxygen atoms in total. The Labute approximate surface area is 312 Å². The van der Waals surface area contributed by atoms with Gasteiger partial charge in [0.1, 0.15) is 22.4 Å². The molecule has 1 atom stereocenters. The van der Waals surface area contributed by atoms with Gasteiger partial charge in [-0.3, -0.25) is 14.4 Å². The molecule has 0 aliphatic carbocycles. The molecule has 53 heavy (non-hydrogen) atoms. The van der Waals surface area contributed by atoms with Crippen LogP contribution in [0.15, 0.2) is 168 Å². The molecule has 0 aliphatic heterocycles. The second-order valence-electron chi connectivity index (χ2n) is 11.8. The van der Waals surface area contributed by atoms with Gasteiger partial charge in [-0.2, -0.15) is 0 Å². The van der Waals surface area contributed by atoms with Crippen molar-refractivity contribution in [3.05, 3.63) is 180 Å². The van der Waals surface area contributed by atoms with Crippen LogP contribution < -0.4 is 25.4 Å². The molecule has 3 N–H and O–H groups in total. The van der Waals surface area contributed by atoms with E-state index in [0.29, 0.717) is 28.4 Å². The third-order valence-electron chi connectivity index (χ3n) is 8.16. The van der Waals surface area contributed by atoms with E-state index < -0.39 is 17.1 Å². The van der Waals surface area contributed by atoms with Crippen LogP contribution in [0.25, 0.3) is 17.2 Å². The van der Waals surface area contributed by atoms with Crippen molar-refractivity contribution in [1.29, 1.82) is 0 Å². The fourth-order valence-corrected chi connectivity index (χ4v) is 6.56. The number of thioether (sulfide) groups is 1. The number of rotatable bonds is 13. The van der Waals surface area contributed by atoms with Crippen molar-refractivity contribution < 1.29 is 23.9 Å². The fraction of sp³-hybridized carbons (Fsp3) is 0.0682. The summed E-state index contributed by atoms with van der Waals surface area (Å²) in [6.45, 7) is 0. The number of amides is 3. The van der Waals surface area contributed by atoms with E-state index in [1.165, 1.54) is 11.8 Å². The highest BCUT2D eigenvalue weighted by atomic mass is 32.2. The van der Waals surface area contributed by atoms with Crippen LogP contribution in [0, 0.1) is 0 Å². The van der Waals surface area contributed by atoms with Crippen LogP contribution in [0.3, 0.4) is 0 Å². The molecule has 0 spiro atoms. The molecular weight excluding hydrogens is 683 g/mol. The van der Waals surface area contributed by atoms with Crippen molar-refractivity contribution in [2.75, 3.05) is 24.9 Å². The molecule has 6 rings (SSSR count). The molecule has 3 amide bonds. The summed E-state index contributed by atoms with van der Waals surface area (Å²) in [4.78, 5) is 41.7. The number of carbonyl (C=O) groups excluding carboxylic acids is 3. The van der Waals surface area contributed by atoms with Crippen LogP contribution >= 0.6 is 11.8 Å². The highest BCUT2D eigenvalue weighted by Crippen LogP contribution is 2.38. The van der Waals surface area contributed by atoms with Gasteiger partial charge in [0.2, 0.25) is 5.91 Å². The van der Waals surface area contributed by atoms with Crippen LogP contribution in [0.2, 0.25) is 0 Å². The fourth-order valence-electron chi connectivity index (χ4n) is 5.48. The summed E-state index contributed by atoms with van der Waals surface area (Å²) < 4.78 is 10.8. The summed E-state index contributed by atoms with van der Waals surface area (Å²) >= 11 is 1.34. The zero-order valence-electron chi connectivity index (χ0n) is 29.1. The van der Waals surface area contributed by atoms with Gasteiger partial charge in [0, 0.05) is 40.0 Å². The Balaban J connectivity index is 1.24. The monoisotopic (exact) mass is 719 g/mol. The maximum Gasteiger partial charge on any atom is 0.272 e. The molecule has 0 bridgehead atoms. The zero-order chi connectivity index (χ0) is 37.0. The summed E-state index contributed by atoms with van der Waals surface area (Å²) in [5.41, 5.74) is 5.14. The van der Waals surface area contributed by atoms with Gasteiger partial charge in [-0.15, -0.1) is 11.8 Å². The van der Waals surface area contributed by atoms with Gasteiger partial charge in [0.05, 0.1) is 14.2 Å². The van der Waals surface area contributed by atoms with E-state index in [9.17, 15) is 14.4 Å². The summed E-state index contributed by atoms with van der Waals surface area (Å²) in [5, 5.41) is 8.11. The molecule has 0 aromatic heterocycles. The number of carbonyl (C=O) groups is 3. The van der Waals surface area contributed by atoms with Gasteiger partial charge in [0.25, 0.3) is 11.8 Å². The zero-order valence-corrected chi connectivity index (χ0v) is 29.9. The van der Waals surface area contributed by atoms with Gasteiger partial charge < -0.3 is 25.4 Å². The average molecular weight is 720 g/mol. The predicted molar refractivity (Wildman–Crippen MR) is 212 cm³/mol. The van der Waals surface area contributed by atoms with Crippen molar-refractivity contribution in [2.24, 2.45) is 0 Å². The number of ether oxygens (including phenoxy) is 2. The minimum Gasteiger partial charge on any atom is -0.497 e. The molecular formula is C44H37N3O5S. The van der Waals surface area contributed by atoms with Gasteiger partial charge >= 0.3 is 0 Å². The van der Waals surface area contributed by atoms with Gasteiger partial charge in [-0.25, -0.2) is 0 Å². The Morgan fingerprint density at radius 3 is 1.85 bits per heavy atom. The molecule has 0 saturated carbocycles. The van der Waals surface area contributed by atoms with E-state index >= 15 is 0 Å². The lowest BCUT2D eigenvalue weighted by molar-refractivity contribution is -0.116. The van der Waals surface area contributed by atoms with Gasteiger partial charge in [-0.1, -0.05) is 109 Å². The lowest BCUT2D eigenvalue weighted by atomic mass is 10.0. The third kappa shape index (κ3) is 9.81. The molecule has 6 aromatic rings. The molecule has 9 heteroatoms. The largest absolute Gasteiger partial charge is 0.497 e. The minimum absolute atomic E-state index is 0.0691. The SMILES string of the molecule is COc1cc(NC(=O)C(Sc2cccc(NC(=O)/C(=C\c3ccc(-c4ccccc4)cc3)NC(=O)c3ccccc3)c2)c2ccccc2)cc(OC)c1. The maximum atomic E-state index is 13.9. The first kappa shape index (κ1) is 36.2. The van der Waals surface area contributed by atoms with Crippen molar-refractivity contribution in [1.82, 2.24) is 5.32 Å². The number of anilines is 2. The third-order valence-corrected chi connectivity index (χ3v) is 9.41. The Morgan fingerprint density at radius 2 is 1.21 bits per heavy atom. The van der Waals surface area contributed by atoms with E-state index in [1.54, 1.807) is 81.0 Å². The second-order valence-corrected chi connectivity index (χ2v) is 13.0. The van der Waals surface area contributed by atoms with Crippen molar-refractivity contribution in [3.8, 4) is 22.6 Å². The van der Waals surface area contributed by atoms with Crippen LogP contribution in [0.5, 0.6) is 11.5 Å². The summed E-state index contributed by atoms with van der Waals surface area (Å²) in [6, 6.07) is 48.3. The first-order valence-corrected chi connectivity index (χ1v) is 17.7. The van der Waals surface area contributed by atoms with Crippen molar-refractivity contribution >= 4 is 46.9 Å². The number of hydrogen-bond acceptors (Lipinski definition) is 6. The number of hydrogen-bond donors (Lipinski definition) is 3. The molecule has 0 heterocycles. The molecule has 0 saturated heterocycles. The Kier molecular flexibility index (Phi) is 12.0. The number of methoxy groups -OCH3 is 2. The molecule has 264 valence electrons. The van der Waals surface area contributed by atoms with Crippen molar-refractivity contribution in [3.63, 3.8) is 0 Å². The number of nitrogens with one attached hydrogen (secondary N) is 3. The maximum absolute atomic E-state index is 13.9. The van der Waals surface area contributed by atoms with E-state index in [-0.39, 0.29) is 11.6 Å². The van der Waals surface area contributed by atoms with Crippen LogP contribution in [-0.4, -0.2) is 31.9 Å². The predicted octanol–water partition coefficient (Wildman–Crippen LogP) is 9.25. The topological polar surface area (TPSA) is 106 Å². The first-order valence-electron chi connectivity index (χ1n) is 16.8. The molecule has 0 fully saturated rings. The summed E-state index contributed by atoms with van der Waals surface area (Å²) in [7, 11) is 3.10. The standard InChI is InChI=1S/C44H37N3O5S/c1-51-37-26-36(27-38(29-37)52-2)46-44(50)41(33-15-8-4-9-16-33)53-39-20-12-19-35(28-39)45-43(49)40(47-42(48)34-17-10-5-11-18-34)25-30-21-23-32(24-22-30)31-13-6-3-7-14-31/h3-29,41H,1-2H3,(H,45,49)(H,46,50)(H,47,48)/b40-25+. The highest BCUT2D eigenvalue weighted by molar-refractivity contribution is 8.00. The molecule has 0 aliphatic rings. The summed E-state index contributed by atoms with van der Waals surface area (Å²) in [5.74, 6) is -0.0808. The van der Waals surface area contributed by atoms with Crippen LogP contribution in [0.4, 0.5) is 11.4 Å². The van der Waals surface area contributed by atoms with E-state index in [2.05, 4.69) is 16.0 Å². The highest BCUT2D eigenvalue weighted by Gasteiger charge is 2.23. The molecule has 6 aromatic carbocycles. The minimum atomic E-state index is -0.640. The smallest absolute Gasteiger partial charge is 0.272 e. The lowest BCUT2D eigenvalue weighted by Gasteiger charge is -2.18. The average Bonchev–Trinajstić information content (AvgIpc) is 3.20. The van der Waals surface area contributed by atoms with E-state index in [4.69, 9.17) is 9.47 Å². The quantitative estimate of drug-likeness (QED) is 0.0812. The van der Waals surface area contributed by atoms with Crippen LogP contribution in [-0.2, 0) is 9.59 Å². The number of benzene rings is 6. The Bertz CT molecular complexity index is 2190.